The number of carbonyl (C=O) groups excluding carboxylic acids is 3. The number of carbonyl (C=O) groups is 3. The highest BCUT2D eigenvalue weighted by Crippen LogP contribution is 2.35. The van der Waals surface area contributed by atoms with Crippen molar-refractivity contribution in [3.63, 3.8) is 0 Å². The molecule has 8 heteroatoms. The summed E-state index contributed by atoms with van der Waals surface area (Å²) in [4.78, 5) is 39.4. The molecule has 0 radical (unpaired) electrons. The molecule has 0 aromatic heterocycles. The van der Waals surface area contributed by atoms with Crippen molar-refractivity contribution in [2.24, 2.45) is 0 Å². The Kier molecular flexibility index (Phi) is 8.22. The SMILES string of the molecule is COc1cc(/C=C2/SC(=O)N(CC(=O)Nc3c(C)cc(C)cc3C)C2=O)ccc1OCc1ccc(C)cc1. The molecule has 3 aromatic rings. The quantitative estimate of drug-likeness (QED) is 0.350. The molecule has 7 nitrogen and oxygen atoms in total. The molecule has 0 spiro atoms. The minimum absolute atomic E-state index is 0.237. The monoisotopic (exact) mass is 530 g/mol. The van der Waals surface area contributed by atoms with Gasteiger partial charge in [-0.25, -0.2) is 0 Å². The van der Waals surface area contributed by atoms with Crippen LogP contribution in [0.3, 0.4) is 0 Å². The van der Waals surface area contributed by atoms with Crippen molar-refractivity contribution in [3.8, 4) is 11.5 Å². The highest BCUT2D eigenvalue weighted by Gasteiger charge is 2.36. The van der Waals surface area contributed by atoms with Crippen molar-refractivity contribution in [3.05, 3.63) is 92.9 Å². The van der Waals surface area contributed by atoms with Crippen molar-refractivity contribution < 1.29 is 23.9 Å². The fourth-order valence-corrected chi connectivity index (χ4v) is 5.06. The number of benzene rings is 3. The van der Waals surface area contributed by atoms with E-state index in [1.807, 2.05) is 64.1 Å². The first-order valence-corrected chi connectivity index (χ1v) is 13.0. The van der Waals surface area contributed by atoms with Gasteiger partial charge in [-0.2, -0.15) is 0 Å². The molecule has 0 atom stereocenters. The van der Waals surface area contributed by atoms with E-state index in [9.17, 15) is 14.4 Å². The second-order valence-electron chi connectivity index (χ2n) is 9.27. The van der Waals surface area contributed by atoms with Crippen LogP contribution in [-0.4, -0.2) is 35.6 Å². The third kappa shape index (κ3) is 6.26. The summed E-state index contributed by atoms with van der Waals surface area (Å²) >= 11 is 0.806. The molecule has 38 heavy (non-hydrogen) atoms. The predicted octanol–water partition coefficient (Wildman–Crippen LogP) is 6.18. The van der Waals surface area contributed by atoms with Crippen LogP contribution < -0.4 is 14.8 Å². The van der Waals surface area contributed by atoms with Crippen LogP contribution in [0.4, 0.5) is 10.5 Å². The Labute approximate surface area is 226 Å². The smallest absolute Gasteiger partial charge is 0.294 e. The first-order chi connectivity index (χ1) is 18.1. The maximum Gasteiger partial charge on any atom is 0.294 e. The maximum absolute atomic E-state index is 13.0. The molecule has 0 bridgehead atoms. The lowest BCUT2D eigenvalue weighted by Gasteiger charge is -2.16. The van der Waals surface area contributed by atoms with Gasteiger partial charge in [0.25, 0.3) is 11.1 Å². The average Bonchev–Trinajstić information content (AvgIpc) is 3.13. The third-order valence-electron chi connectivity index (χ3n) is 6.12. The summed E-state index contributed by atoms with van der Waals surface area (Å²) in [7, 11) is 1.54. The van der Waals surface area contributed by atoms with Gasteiger partial charge in [-0.05, 0) is 79.9 Å². The van der Waals surface area contributed by atoms with E-state index in [1.54, 1.807) is 31.4 Å². The van der Waals surface area contributed by atoms with Crippen molar-refractivity contribution in [2.45, 2.75) is 34.3 Å². The third-order valence-corrected chi connectivity index (χ3v) is 7.02. The lowest BCUT2D eigenvalue weighted by molar-refractivity contribution is -0.127. The molecule has 3 amide bonds. The second kappa shape index (κ2) is 11.6. The summed E-state index contributed by atoms with van der Waals surface area (Å²) in [6.45, 7) is 7.86. The van der Waals surface area contributed by atoms with Gasteiger partial charge in [-0.15, -0.1) is 0 Å². The number of nitrogens with one attached hydrogen (secondary N) is 1. The number of amides is 3. The number of nitrogens with zero attached hydrogens (tertiary/aromatic N) is 1. The fourth-order valence-electron chi connectivity index (χ4n) is 4.23. The summed E-state index contributed by atoms with van der Waals surface area (Å²) in [5, 5.41) is 2.35. The van der Waals surface area contributed by atoms with Gasteiger partial charge in [0, 0.05) is 5.69 Å². The van der Waals surface area contributed by atoms with E-state index in [0.717, 1.165) is 38.9 Å². The molecule has 4 rings (SSSR count). The van der Waals surface area contributed by atoms with Gasteiger partial charge in [0.1, 0.15) is 13.2 Å². The molecule has 1 aliphatic heterocycles. The number of thioether (sulfide) groups is 1. The van der Waals surface area contributed by atoms with Crippen molar-refractivity contribution in [1.29, 1.82) is 0 Å². The van der Waals surface area contributed by atoms with E-state index in [-0.39, 0.29) is 11.4 Å². The van der Waals surface area contributed by atoms with E-state index >= 15 is 0 Å². The molecular weight excluding hydrogens is 500 g/mol. The Morgan fingerprint density at radius 2 is 1.61 bits per heavy atom. The normalized spacial score (nSPS) is 14.2. The summed E-state index contributed by atoms with van der Waals surface area (Å²) in [5.41, 5.74) is 6.52. The van der Waals surface area contributed by atoms with Crippen LogP contribution in [0, 0.1) is 27.7 Å². The van der Waals surface area contributed by atoms with E-state index in [4.69, 9.17) is 9.47 Å². The number of hydrogen-bond acceptors (Lipinski definition) is 6. The maximum atomic E-state index is 13.0. The van der Waals surface area contributed by atoms with Crippen molar-refractivity contribution >= 4 is 40.6 Å². The van der Waals surface area contributed by atoms with E-state index < -0.39 is 17.1 Å². The Morgan fingerprint density at radius 1 is 0.921 bits per heavy atom. The van der Waals surface area contributed by atoms with E-state index in [0.29, 0.717) is 29.4 Å². The molecule has 1 heterocycles. The minimum atomic E-state index is -0.508. The summed E-state index contributed by atoms with van der Waals surface area (Å²) in [6.07, 6.45) is 1.61. The molecule has 1 N–H and O–H groups in total. The van der Waals surface area contributed by atoms with Gasteiger partial charge >= 0.3 is 0 Å². The number of hydrogen-bond donors (Lipinski definition) is 1. The topological polar surface area (TPSA) is 84.9 Å². The number of anilines is 1. The summed E-state index contributed by atoms with van der Waals surface area (Å²) in [6, 6.07) is 17.3. The lowest BCUT2D eigenvalue weighted by Crippen LogP contribution is -2.36. The van der Waals surface area contributed by atoms with Crippen molar-refractivity contribution in [1.82, 2.24) is 4.90 Å². The molecular formula is C30H30N2O5S. The van der Waals surface area contributed by atoms with Crippen LogP contribution in [0.5, 0.6) is 11.5 Å². The molecule has 1 aliphatic rings. The largest absolute Gasteiger partial charge is 0.493 e. The zero-order valence-corrected chi connectivity index (χ0v) is 22.9. The summed E-state index contributed by atoms with van der Waals surface area (Å²) in [5.74, 6) is 0.136. The Morgan fingerprint density at radius 3 is 2.26 bits per heavy atom. The predicted molar refractivity (Wildman–Crippen MR) is 150 cm³/mol. The van der Waals surface area contributed by atoms with Crippen LogP contribution >= 0.6 is 11.8 Å². The lowest BCUT2D eigenvalue weighted by atomic mass is 10.1. The number of imide groups is 1. The Bertz CT molecular complexity index is 1410. The standard InChI is InChI=1S/C30H30N2O5S/c1-18-6-8-22(9-7-18)17-37-24-11-10-23(14-25(24)36-5)15-26-29(34)32(30(35)38-26)16-27(33)31-28-20(3)12-19(2)13-21(28)4/h6-15H,16-17H2,1-5H3,(H,31,33)/b26-15+. The van der Waals surface area contributed by atoms with Crippen LogP contribution in [0.1, 0.15) is 33.4 Å². The molecule has 196 valence electrons. The van der Waals surface area contributed by atoms with Crippen LogP contribution in [0.25, 0.3) is 6.08 Å². The van der Waals surface area contributed by atoms with Crippen LogP contribution in [0.2, 0.25) is 0 Å². The van der Waals surface area contributed by atoms with Gasteiger partial charge in [0.15, 0.2) is 11.5 Å². The molecule has 0 aliphatic carbocycles. The van der Waals surface area contributed by atoms with Crippen LogP contribution in [0.15, 0.2) is 59.5 Å². The van der Waals surface area contributed by atoms with Gasteiger partial charge in [0.05, 0.1) is 12.0 Å². The number of rotatable bonds is 8. The van der Waals surface area contributed by atoms with Gasteiger partial charge in [-0.3, -0.25) is 19.3 Å². The van der Waals surface area contributed by atoms with E-state index in [2.05, 4.69) is 5.32 Å². The Balaban J connectivity index is 1.43. The van der Waals surface area contributed by atoms with E-state index in [1.165, 1.54) is 5.56 Å². The van der Waals surface area contributed by atoms with Gasteiger partial charge < -0.3 is 14.8 Å². The van der Waals surface area contributed by atoms with Gasteiger partial charge in [0.2, 0.25) is 5.91 Å². The molecule has 0 saturated carbocycles. The molecule has 0 unspecified atom stereocenters. The van der Waals surface area contributed by atoms with Crippen molar-refractivity contribution in [2.75, 3.05) is 19.0 Å². The highest BCUT2D eigenvalue weighted by atomic mass is 32.2. The summed E-state index contributed by atoms with van der Waals surface area (Å²) < 4.78 is 11.4. The molecule has 3 aromatic carbocycles. The highest BCUT2D eigenvalue weighted by molar-refractivity contribution is 8.18. The average molecular weight is 531 g/mol. The van der Waals surface area contributed by atoms with Gasteiger partial charge in [-0.1, -0.05) is 53.6 Å². The fraction of sp³-hybridized carbons (Fsp3) is 0.233. The zero-order valence-electron chi connectivity index (χ0n) is 22.1. The molecule has 1 fully saturated rings. The minimum Gasteiger partial charge on any atom is -0.493 e. The zero-order chi connectivity index (χ0) is 27.4. The van der Waals surface area contributed by atoms with Crippen LogP contribution in [-0.2, 0) is 16.2 Å². The first-order valence-electron chi connectivity index (χ1n) is 12.1. The number of ether oxygens (including phenoxy) is 2. The number of aryl methyl sites for hydroxylation is 4. The molecule has 1 saturated heterocycles. The second-order valence-corrected chi connectivity index (χ2v) is 10.3. The Hall–Kier alpha value is -4.04. The number of methoxy groups -OCH3 is 1. The first kappa shape index (κ1) is 27.0.